The van der Waals surface area contributed by atoms with Crippen LogP contribution in [0.5, 0.6) is 0 Å². The zero-order valence-electron chi connectivity index (χ0n) is 12.4. The van der Waals surface area contributed by atoms with E-state index in [1.165, 1.54) is 17.7 Å². The number of aryl methyl sites for hydroxylation is 1. The molecule has 0 saturated carbocycles. The van der Waals surface area contributed by atoms with Gasteiger partial charge in [0.25, 0.3) is 0 Å². The molecule has 1 aromatic rings. The molecule has 2 aliphatic heterocycles. The smallest absolute Gasteiger partial charge is 0.313 e. The fourth-order valence-electron chi connectivity index (χ4n) is 3.51. The van der Waals surface area contributed by atoms with E-state index in [1.54, 1.807) is 0 Å². The Morgan fingerprint density at radius 1 is 1.29 bits per heavy atom. The van der Waals surface area contributed by atoms with Crippen molar-refractivity contribution in [1.82, 2.24) is 0 Å². The lowest BCUT2D eigenvalue weighted by atomic mass is 9.81. The average molecular weight is 289 g/mol. The summed E-state index contributed by atoms with van der Waals surface area (Å²) >= 11 is 0. The molecule has 0 spiro atoms. The number of aliphatic carboxylic acids is 1. The Hall–Kier alpha value is -1.55. The maximum absolute atomic E-state index is 11.8. The summed E-state index contributed by atoms with van der Waals surface area (Å²) in [6.07, 6.45) is 4.92. The van der Waals surface area contributed by atoms with Crippen LogP contribution in [0.2, 0.25) is 0 Å². The highest BCUT2D eigenvalue weighted by atomic mass is 16.5. The van der Waals surface area contributed by atoms with E-state index in [9.17, 15) is 9.90 Å². The lowest BCUT2D eigenvalue weighted by molar-refractivity contribution is -0.156. The van der Waals surface area contributed by atoms with Gasteiger partial charge in [0.2, 0.25) is 0 Å². The number of hydrogen-bond acceptors (Lipinski definition) is 3. The number of carboxylic acid groups (broad SMARTS) is 1. The fourth-order valence-corrected chi connectivity index (χ4v) is 3.51. The Bertz CT molecular complexity index is 509. The third-order valence-electron chi connectivity index (χ3n) is 4.73. The maximum Gasteiger partial charge on any atom is 0.313 e. The Labute approximate surface area is 125 Å². The van der Waals surface area contributed by atoms with Gasteiger partial charge in [0.05, 0.1) is 6.61 Å². The Balaban J connectivity index is 1.87. The highest BCUT2D eigenvalue weighted by Gasteiger charge is 2.42. The summed E-state index contributed by atoms with van der Waals surface area (Å²) in [7, 11) is 0. The van der Waals surface area contributed by atoms with E-state index >= 15 is 0 Å². The average Bonchev–Trinajstić information content (AvgIpc) is 2.71. The molecule has 3 rings (SSSR count). The van der Waals surface area contributed by atoms with Crippen molar-refractivity contribution in [2.75, 3.05) is 31.2 Å². The predicted molar refractivity (Wildman–Crippen MR) is 81.7 cm³/mol. The summed E-state index contributed by atoms with van der Waals surface area (Å²) in [5.41, 5.74) is 1.80. The van der Waals surface area contributed by atoms with Crippen molar-refractivity contribution >= 4 is 11.7 Å². The second kappa shape index (κ2) is 6.06. The number of para-hydroxylation sites is 1. The highest BCUT2D eigenvalue weighted by molar-refractivity contribution is 5.76. The van der Waals surface area contributed by atoms with Gasteiger partial charge >= 0.3 is 5.97 Å². The number of anilines is 1. The van der Waals surface area contributed by atoms with Crippen LogP contribution in [0.3, 0.4) is 0 Å². The minimum absolute atomic E-state index is 0.334. The van der Waals surface area contributed by atoms with Crippen LogP contribution in [-0.4, -0.2) is 37.4 Å². The molecule has 4 heteroatoms. The van der Waals surface area contributed by atoms with E-state index in [0.29, 0.717) is 26.2 Å². The number of carboxylic acids is 1. The SMILES string of the molecule is O=C(O)C1(CN2CCCCc3ccccc32)CCCOC1. The molecule has 2 heterocycles. The molecule has 1 unspecified atom stereocenters. The monoisotopic (exact) mass is 289 g/mol. The van der Waals surface area contributed by atoms with Crippen LogP contribution in [0, 0.1) is 5.41 Å². The Kier molecular flexibility index (Phi) is 4.15. The van der Waals surface area contributed by atoms with Crippen LogP contribution < -0.4 is 4.90 Å². The quantitative estimate of drug-likeness (QED) is 0.929. The molecule has 0 bridgehead atoms. The first-order chi connectivity index (χ1) is 10.2. The van der Waals surface area contributed by atoms with Gasteiger partial charge in [0, 0.05) is 25.4 Å². The molecule has 2 aliphatic rings. The Morgan fingerprint density at radius 2 is 2.14 bits per heavy atom. The topological polar surface area (TPSA) is 49.8 Å². The number of carbonyl (C=O) groups is 1. The molecule has 0 aliphatic carbocycles. The Morgan fingerprint density at radius 3 is 2.90 bits per heavy atom. The number of nitrogens with zero attached hydrogens (tertiary/aromatic N) is 1. The van der Waals surface area contributed by atoms with Crippen LogP contribution in [0.25, 0.3) is 0 Å². The molecule has 0 aromatic heterocycles. The normalized spacial score (nSPS) is 26.0. The molecular weight excluding hydrogens is 266 g/mol. The van der Waals surface area contributed by atoms with Crippen molar-refractivity contribution in [2.45, 2.75) is 32.1 Å². The first-order valence-corrected chi connectivity index (χ1v) is 7.85. The zero-order chi connectivity index (χ0) is 14.7. The van der Waals surface area contributed by atoms with Crippen LogP contribution in [0.1, 0.15) is 31.2 Å². The predicted octanol–water partition coefficient (Wildman–Crippen LogP) is 2.71. The van der Waals surface area contributed by atoms with E-state index < -0.39 is 11.4 Å². The summed E-state index contributed by atoms with van der Waals surface area (Å²) in [6.45, 7) is 2.51. The molecule has 0 radical (unpaired) electrons. The van der Waals surface area contributed by atoms with Gasteiger partial charge < -0.3 is 14.7 Å². The molecule has 114 valence electrons. The van der Waals surface area contributed by atoms with E-state index in [2.05, 4.69) is 23.1 Å². The summed E-state index contributed by atoms with van der Waals surface area (Å²) in [5, 5.41) is 9.73. The van der Waals surface area contributed by atoms with Crippen molar-refractivity contribution in [1.29, 1.82) is 0 Å². The van der Waals surface area contributed by atoms with Gasteiger partial charge in [-0.25, -0.2) is 0 Å². The van der Waals surface area contributed by atoms with Crippen molar-refractivity contribution in [2.24, 2.45) is 5.41 Å². The van der Waals surface area contributed by atoms with Crippen LogP contribution in [0.15, 0.2) is 24.3 Å². The minimum Gasteiger partial charge on any atom is -0.481 e. The van der Waals surface area contributed by atoms with Crippen molar-refractivity contribution < 1.29 is 14.6 Å². The standard InChI is InChI=1S/C17H23NO3/c19-16(20)17(9-5-11-21-13-17)12-18-10-4-3-7-14-6-1-2-8-15(14)18/h1-2,6,8H,3-5,7,9-13H2,(H,19,20). The van der Waals surface area contributed by atoms with Crippen LogP contribution in [0.4, 0.5) is 5.69 Å². The first-order valence-electron chi connectivity index (χ1n) is 7.85. The van der Waals surface area contributed by atoms with Gasteiger partial charge in [0.1, 0.15) is 5.41 Å². The van der Waals surface area contributed by atoms with Gasteiger partial charge in [0.15, 0.2) is 0 Å². The van der Waals surface area contributed by atoms with Crippen molar-refractivity contribution in [3.8, 4) is 0 Å². The minimum atomic E-state index is -0.754. The molecule has 0 amide bonds. The van der Waals surface area contributed by atoms with Gasteiger partial charge in [-0.05, 0) is 43.7 Å². The van der Waals surface area contributed by atoms with Crippen LogP contribution >= 0.6 is 0 Å². The molecule has 1 atom stereocenters. The second-order valence-corrected chi connectivity index (χ2v) is 6.25. The summed E-state index contributed by atoms with van der Waals surface area (Å²) < 4.78 is 5.50. The molecular formula is C17H23NO3. The highest BCUT2D eigenvalue weighted by Crippen LogP contribution is 2.34. The zero-order valence-corrected chi connectivity index (χ0v) is 12.4. The third kappa shape index (κ3) is 2.91. The fraction of sp³-hybridized carbons (Fsp3) is 0.588. The van der Waals surface area contributed by atoms with Gasteiger partial charge in [-0.15, -0.1) is 0 Å². The van der Waals surface area contributed by atoms with Crippen LogP contribution in [-0.2, 0) is 16.0 Å². The molecule has 1 saturated heterocycles. The van der Waals surface area contributed by atoms with Crippen molar-refractivity contribution in [3.63, 3.8) is 0 Å². The van der Waals surface area contributed by atoms with E-state index in [-0.39, 0.29) is 0 Å². The van der Waals surface area contributed by atoms with E-state index in [1.807, 2.05) is 6.07 Å². The molecule has 4 nitrogen and oxygen atoms in total. The molecule has 1 fully saturated rings. The molecule has 21 heavy (non-hydrogen) atoms. The number of hydrogen-bond donors (Lipinski definition) is 1. The summed E-state index contributed by atoms with van der Waals surface area (Å²) in [4.78, 5) is 14.1. The molecule has 1 aromatic carbocycles. The van der Waals surface area contributed by atoms with Crippen molar-refractivity contribution in [3.05, 3.63) is 29.8 Å². The summed E-state index contributed by atoms with van der Waals surface area (Å²) in [5.74, 6) is -0.719. The van der Waals surface area contributed by atoms with Gasteiger partial charge in [-0.1, -0.05) is 18.2 Å². The largest absolute Gasteiger partial charge is 0.481 e. The number of ether oxygens (including phenoxy) is 1. The second-order valence-electron chi connectivity index (χ2n) is 6.25. The van der Waals surface area contributed by atoms with E-state index in [4.69, 9.17) is 4.74 Å². The number of rotatable bonds is 3. The van der Waals surface area contributed by atoms with Gasteiger partial charge in [-0.2, -0.15) is 0 Å². The summed E-state index contributed by atoms with van der Waals surface area (Å²) in [6, 6.07) is 8.40. The lowest BCUT2D eigenvalue weighted by Crippen LogP contribution is -2.48. The lowest BCUT2D eigenvalue weighted by Gasteiger charge is -2.38. The molecule has 1 N–H and O–H groups in total. The maximum atomic E-state index is 11.8. The first kappa shape index (κ1) is 14.4. The van der Waals surface area contributed by atoms with Gasteiger partial charge in [-0.3, -0.25) is 4.79 Å². The third-order valence-corrected chi connectivity index (χ3v) is 4.73. The number of fused-ring (bicyclic) bond motifs is 1. The van der Waals surface area contributed by atoms with E-state index in [0.717, 1.165) is 25.8 Å². The number of benzene rings is 1.